The van der Waals surface area contributed by atoms with E-state index in [1.165, 1.54) is 9.13 Å². The highest BCUT2D eigenvalue weighted by atomic mass is 127. The number of hydrogen-bond acceptors (Lipinski definition) is 1. The molecule has 0 amide bonds. The number of hydrogen-bond donors (Lipinski definition) is 1. The molecule has 0 aliphatic rings. The van der Waals surface area contributed by atoms with Gasteiger partial charge < -0.3 is 5.73 Å². The maximum absolute atomic E-state index is 5.48. The third-order valence-corrected chi connectivity index (χ3v) is 2.73. The molecule has 0 aromatic heterocycles. The fourth-order valence-electron chi connectivity index (χ4n) is 0.687. The van der Waals surface area contributed by atoms with E-state index in [0.717, 1.165) is 4.47 Å². The molecule has 1 nitrogen and oxygen atoms in total. The summed E-state index contributed by atoms with van der Waals surface area (Å²) in [6.07, 6.45) is 0. The van der Waals surface area contributed by atoms with Crippen molar-refractivity contribution < 1.29 is 0 Å². The van der Waals surface area contributed by atoms with Gasteiger partial charge in [0.25, 0.3) is 0 Å². The molecular formula is C7H7BrIN. The Hall–Kier alpha value is 0.390. The van der Waals surface area contributed by atoms with Gasteiger partial charge in [-0.05, 0) is 40.3 Å². The Bertz CT molecular complexity index is 237. The lowest BCUT2D eigenvalue weighted by atomic mass is 10.2. The molecule has 3 heteroatoms. The van der Waals surface area contributed by atoms with Gasteiger partial charge in [0.1, 0.15) is 0 Å². The molecule has 1 rings (SSSR count). The van der Waals surface area contributed by atoms with Crippen molar-refractivity contribution in [3.05, 3.63) is 31.8 Å². The zero-order valence-electron chi connectivity index (χ0n) is 5.27. The molecular weight excluding hydrogens is 305 g/mol. The zero-order chi connectivity index (χ0) is 7.56. The normalized spacial score (nSPS) is 9.90. The predicted octanol–water partition coefficient (Wildman–Crippen LogP) is 2.51. The van der Waals surface area contributed by atoms with Gasteiger partial charge in [-0.15, -0.1) is 0 Å². The first kappa shape index (κ1) is 8.49. The Morgan fingerprint density at radius 2 is 2.20 bits per heavy atom. The Morgan fingerprint density at radius 3 is 2.70 bits per heavy atom. The van der Waals surface area contributed by atoms with Crippen molar-refractivity contribution in [2.45, 2.75) is 6.54 Å². The molecule has 0 radical (unpaired) electrons. The largest absolute Gasteiger partial charge is 0.326 e. The summed E-state index contributed by atoms with van der Waals surface area (Å²) in [5.41, 5.74) is 6.68. The Morgan fingerprint density at radius 1 is 1.50 bits per heavy atom. The molecule has 0 bridgehead atoms. The highest BCUT2D eigenvalue weighted by molar-refractivity contribution is 14.1. The fourth-order valence-corrected chi connectivity index (χ4v) is 2.21. The van der Waals surface area contributed by atoms with Crippen LogP contribution in [0.4, 0.5) is 0 Å². The predicted molar refractivity (Wildman–Crippen MR) is 54.8 cm³/mol. The van der Waals surface area contributed by atoms with E-state index in [0.29, 0.717) is 6.54 Å². The molecule has 2 N–H and O–H groups in total. The summed E-state index contributed by atoms with van der Waals surface area (Å²) in [4.78, 5) is 0. The molecule has 0 fully saturated rings. The van der Waals surface area contributed by atoms with Gasteiger partial charge in [0.15, 0.2) is 0 Å². The van der Waals surface area contributed by atoms with E-state index in [-0.39, 0.29) is 0 Å². The molecule has 0 heterocycles. The topological polar surface area (TPSA) is 26.0 Å². The highest BCUT2D eigenvalue weighted by Crippen LogP contribution is 2.17. The Kier molecular flexibility index (Phi) is 3.13. The number of nitrogens with two attached hydrogens (primary N) is 1. The quantitative estimate of drug-likeness (QED) is 0.792. The molecule has 1 aromatic carbocycles. The van der Waals surface area contributed by atoms with E-state index >= 15 is 0 Å². The summed E-state index contributed by atoms with van der Waals surface area (Å²) in [6.45, 7) is 0.617. The van der Waals surface area contributed by atoms with Crippen LogP contribution in [0.25, 0.3) is 0 Å². The van der Waals surface area contributed by atoms with Gasteiger partial charge in [0.05, 0.1) is 0 Å². The first-order valence-electron chi connectivity index (χ1n) is 2.88. The second kappa shape index (κ2) is 3.69. The second-order valence-corrected chi connectivity index (χ2v) is 4.02. The average molecular weight is 312 g/mol. The minimum Gasteiger partial charge on any atom is -0.326 e. The van der Waals surface area contributed by atoms with Gasteiger partial charge in [0.2, 0.25) is 0 Å². The smallest absolute Gasteiger partial charge is 0.0188 e. The third kappa shape index (κ3) is 1.93. The van der Waals surface area contributed by atoms with Crippen LogP contribution in [0.1, 0.15) is 5.56 Å². The summed E-state index contributed by atoms with van der Waals surface area (Å²) in [6, 6.07) is 6.10. The lowest BCUT2D eigenvalue weighted by Gasteiger charge is -1.99. The van der Waals surface area contributed by atoms with Crippen LogP contribution in [0.2, 0.25) is 0 Å². The van der Waals surface area contributed by atoms with Crippen molar-refractivity contribution in [1.29, 1.82) is 0 Å². The van der Waals surface area contributed by atoms with E-state index in [1.54, 1.807) is 0 Å². The Balaban J connectivity index is 3.07. The van der Waals surface area contributed by atoms with Crippen molar-refractivity contribution in [3.8, 4) is 0 Å². The van der Waals surface area contributed by atoms with Gasteiger partial charge in [-0.2, -0.15) is 0 Å². The van der Waals surface area contributed by atoms with E-state index in [2.05, 4.69) is 44.6 Å². The molecule has 1 aromatic rings. The lowest BCUT2D eigenvalue weighted by molar-refractivity contribution is 1.06. The molecule has 0 aliphatic carbocycles. The molecule has 54 valence electrons. The van der Waals surface area contributed by atoms with Crippen LogP contribution >= 0.6 is 38.5 Å². The highest BCUT2D eigenvalue weighted by Gasteiger charge is 1.95. The van der Waals surface area contributed by atoms with Gasteiger partial charge in [-0.1, -0.05) is 22.0 Å². The molecule has 0 spiro atoms. The van der Waals surface area contributed by atoms with Crippen molar-refractivity contribution >= 4 is 38.5 Å². The minimum absolute atomic E-state index is 0.617. The van der Waals surface area contributed by atoms with Crippen LogP contribution in [-0.2, 0) is 6.54 Å². The van der Waals surface area contributed by atoms with Gasteiger partial charge in [-0.3, -0.25) is 0 Å². The lowest BCUT2D eigenvalue weighted by Crippen LogP contribution is -1.98. The molecule has 10 heavy (non-hydrogen) atoms. The molecule has 0 unspecified atom stereocenters. The zero-order valence-corrected chi connectivity index (χ0v) is 9.02. The molecule has 0 aliphatic heterocycles. The third-order valence-electron chi connectivity index (χ3n) is 1.24. The van der Waals surface area contributed by atoms with Gasteiger partial charge in [0, 0.05) is 14.6 Å². The van der Waals surface area contributed by atoms with Gasteiger partial charge >= 0.3 is 0 Å². The minimum atomic E-state index is 0.617. The van der Waals surface area contributed by atoms with Crippen molar-refractivity contribution in [2.75, 3.05) is 0 Å². The first-order valence-corrected chi connectivity index (χ1v) is 4.75. The summed E-state index contributed by atoms with van der Waals surface area (Å²) in [5, 5.41) is 0. The fraction of sp³-hybridized carbons (Fsp3) is 0.143. The summed E-state index contributed by atoms with van der Waals surface area (Å²) in [5.74, 6) is 0. The van der Waals surface area contributed by atoms with Crippen LogP contribution in [-0.4, -0.2) is 0 Å². The SMILES string of the molecule is NCc1ccc(Br)cc1I. The molecule has 0 atom stereocenters. The summed E-state index contributed by atoms with van der Waals surface area (Å²) < 4.78 is 2.32. The van der Waals surface area contributed by atoms with E-state index in [9.17, 15) is 0 Å². The molecule has 0 saturated heterocycles. The second-order valence-electron chi connectivity index (χ2n) is 1.94. The van der Waals surface area contributed by atoms with Crippen molar-refractivity contribution in [1.82, 2.24) is 0 Å². The summed E-state index contributed by atoms with van der Waals surface area (Å²) in [7, 11) is 0. The van der Waals surface area contributed by atoms with E-state index in [4.69, 9.17) is 5.73 Å². The van der Waals surface area contributed by atoms with E-state index < -0.39 is 0 Å². The van der Waals surface area contributed by atoms with Gasteiger partial charge in [-0.25, -0.2) is 0 Å². The monoisotopic (exact) mass is 311 g/mol. The van der Waals surface area contributed by atoms with Crippen LogP contribution in [0.5, 0.6) is 0 Å². The Labute approximate surface area is 82.3 Å². The van der Waals surface area contributed by atoms with Crippen LogP contribution in [0, 0.1) is 3.57 Å². The van der Waals surface area contributed by atoms with Crippen LogP contribution in [0.15, 0.2) is 22.7 Å². The standard InChI is InChI=1S/C7H7BrIN/c8-6-2-1-5(4-10)7(9)3-6/h1-3H,4,10H2. The maximum Gasteiger partial charge on any atom is 0.0188 e. The number of benzene rings is 1. The number of rotatable bonds is 1. The van der Waals surface area contributed by atoms with Crippen molar-refractivity contribution in [2.24, 2.45) is 5.73 Å². The van der Waals surface area contributed by atoms with Crippen LogP contribution in [0.3, 0.4) is 0 Å². The summed E-state index contributed by atoms with van der Waals surface area (Å²) >= 11 is 5.66. The first-order chi connectivity index (χ1) is 4.74. The number of halogens is 2. The van der Waals surface area contributed by atoms with E-state index in [1.807, 2.05) is 12.1 Å². The average Bonchev–Trinajstić information content (AvgIpc) is 1.88. The van der Waals surface area contributed by atoms with Crippen molar-refractivity contribution in [3.63, 3.8) is 0 Å². The van der Waals surface area contributed by atoms with Crippen LogP contribution < -0.4 is 5.73 Å². The maximum atomic E-state index is 5.48. The molecule has 0 saturated carbocycles.